The number of nitriles is 1. The van der Waals surface area contributed by atoms with Crippen LogP contribution in [0.15, 0.2) is 182 Å². The van der Waals surface area contributed by atoms with Crippen LogP contribution < -0.4 is 0 Å². The average molecular weight is 663 g/mol. The van der Waals surface area contributed by atoms with Crippen LogP contribution in [0.2, 0.25) is 0 Å². The molecule has 0 saturated heterocycles. The Bertz CT molecular complexity index is 2730. The smallest absolute Gasteiger partial charge is 0.0991 e. The lowest BCUT2D eigenvalue weighted by atomic mass is 9.91. The van der Waals surface area contributed by atoms with E-state index in [1.54, 1.807) is 0 Å². The minimum Gasteiger partial charge on any atom is -0.248 e. The standard InChI is InChI=1S/C48H30N4/c49-31-32-12-11-17-37(28-32)47-48(52-44-21-10-9-20-43(44)51-47)42-27-26-39(40-18-7-8-19-41(40)42)34-24-22-33(23-25-34)38-29-45(35-13-3-1-4-14-35)50-46(30-38)36-15-5-2-6-16-36/h1-30H. The zero-order chi connectivity index (χ0) is 34.9. The number of pyridine rings is 1. The van der Waals surface area contributed by atoms with Crippen LogP contribution >= 0.6 is 0 Å². The number of rotatable bonds is 6. The zero-order valence-electron chi connectivity index (χ0n) is 28.1. The lowest BCUT2D eigenvalue weighted by Gasteiger charge is -2.15. The van der Waals surface area contributed by atoms with Crippen molar-refractivity contribution in [1.29, 1.82) is 5.26 Å². The van der Waals surface area contributed by atoms with Gasteiger partial charge in [-0.3, -0.25) is 0 Å². The Kier molecular flexibility index (Phi) is 7.85. The fraction of sp³-hybridized carbons (Fsp3) is 0. The molecule has 4 nitrogen and oxygen atoms in total. The number of nitrogens with zero attached hydrogens (tertiary/aromatic N) is 4. The van der Waals surface area contributed by atoms with Gasteiger partial charge in [0.25, 0.3) is 0 Å². The van der Waals surface area contributed by atoms with Crippen LogP contribution in [0.4, 0.5) is 0 Å². The monoisotopic (exact) mass is 662 g/mol. The molecule has 4 heteroatoms. The molecule has 52 heavy (non-hydrogen) atoms. The molecular formula is C48H30N4. The van der Waals surface area contributed by atoms with E-state index < -0.39 is 0 Å². The predicted octanol–water partition coefficient (Wildman–Crippen LogP) is 12.1. The first-order valence-electron chi connectivity index (χ1n) is 17.2. The Morgan fingerprint density at radius 3 is 1.50 bits per heavy atom. The van der Waals surface area contributed by atoms with E-state index in [1.807, 2.05) is 60.7 Å². The Morgan fingerprint density at radius 1 is 0.346 bits per heavy atom. The van der Waals surface area contributed by atoms with Gasteiger partial charge in [-0.25, -0.2) is 15.0 Å². The molecule has 0 aliphatic carbocycles. The molecule has 0 fully saturated rings. The molecule has 0 amide bonds. The van der Waals surface area contributed by atoms with Gasteiger partial charge in [-0.15, -0.1) is 0 Å². The molecule has 2 aromatic heterocycles. The lowest BCUT2D eigenvalue weighted by Crippen LogP contribution is -1.97. The van der Waals surface area contributed by atoms with Crippen molar-refractivity contribution in [2.24, 2.45) is 0 Å². The van der Waals surface area contributed by atoms with Gasteiger partial charge in [-0.05, 0) is 69.4 Å². The van der Waals surface area contributed by atoms with E-state index in [9.17, 15) is 5.26 Å². The minimum absolute atomic E-state index is 0.585. The van der Waals surface area contributed by atoms with Crippen molar-refractivity contribution in [3.8, 4) is 73.4 Å². The average Bonchev–Trinajstić information content (AvgIpc) is 3.23. The summed E-state index contributed by atoms with van der Waals surface area (Å²) in [4.78, 5) is 15.3. The molecular weight excluding hydrogens is 633 g/mol. The van der Waals surface area contributed by atoms with Gasteiger partial charge in [-0.1, -0.05) is 146 Å². The maximum Gasteiger partial charge on any atom is 0.0991 e. The third-order valence-corrected chi connectivity index (χ3v) is 9.51. The SMILES string of the molecule is N#Cc1cccc(-c2nc3ccccc3nc2-c2ccc(-c3ccc(-c4cc(-c5ccccc5)nc(-c5ccccc5)c4)cc3)c3ccccc23)c1. The Labute approximate surface area is 302 Å². The van der Waals surface area contributed by atoms with Gasteiger partial charge in [0.05, 0.1) is 45.4 Å². The van der Waals surface area contributed by atoms with Crippen molar-refractivity contribution in [1.82, 2.24) is 15.0 Å². The van der Waals surface area contributed by atoms with Gasteiger partial charge in [0.2, 0.25) is 0 Å². The molecule has 0 aliphatic rings. The van der Waals surface area contributed by atoms with E-state index in [2.05, 4.69) is 127 Å². The van der Waals surface area contributed by atoms with Crippen molar-refractivity contribution >= 4 is 21.8 Å². The third-order valence-electron chi connectivity index (χ3n) is 9.51. The number of hydrogen-bond acceptors (Lipinski definition) is 4. The maximum absolute atomic E-state index is 9.66. The van der Waals surface area contributed by atoms with Gasteiger partial charge in [-0.2, -0.15) is 5.26 Å². The van der Waals surface area contributed by atoms with Crippen LogP contribution in [-0.4, -0.2) is 15.0 Å². The number of para-hydroxylation sites is 2. The fourth-order valence-corrected chi connectivity index (χ4v) is 6.94. The molecule has 7 aromatic carbocycles. The summed E-state index contributed by atoms with van der Waals surface area (Å²) in [6.45, 7) is 0. The number of fused-ring (bicyclic) bond motifs is 2. The number of hydrogen-bond donors (Lipinski definition) is 0. The molecule has 0 N–H and O–H groups in total. The molecule has 0 radical (unpaired) electrons. The summed E-state index contributed by atoms with van der Waals surface area (Å²) in [5.41, 5.74) is 14.2. The summed E-state index contributed by atoms with van der Waals surface area (Å²) in [7, 11) is 0. The maximum atomic E-state index is 9.66. The van der Waals surface area contributed by atoms with Crippen molar-refractivity contribution < 1.29 is 0 Å². The fourth-order valence-electron chi connectivity index (χ4n) is 6.94. The largest absolute Gasteiger partial charge is 0.248 e. The van der Waals surface area contributed by atoms with Crippen LogP contribution in [-0.2, 0) is 0 Å². The normalized spacial score (nSPS) is 11.1. The summed E-state index contributed by atoms with van der Waals surface area (Å²) in [6, 6.07) is 64.5. The molecule has 0 aliphatic heterocycles. The zero-order valence-corrected chi connectivity index (χ0v) is 28.1. The second-order valence-electron chi connectivity index (χ2n) is 12.7. The highest BCUT2D eigenvalue weighted by Crippen LogP contribution is 2.40. The second-order valence-corrected chi connectivity index (χ2v) is 12.7. The van der Waals surface area contributed by atoms with Crippen LogP contribution in [0.3, 0.4) is 0 Å². The Morgan fingerprint density at radius 2 is 0.865 bits per heavy atom. The molecule has 0 unspecified atom stereocenters. The topological polar surface area (TPSA) is 62.5 Å². The first kappa shape index (κ1) is 30.8. The predicted molar refractivity (Wildman–Crippen MR) is 212 cm³/mol. The van der Waals surface area contributed by atoms with Gasteiger partial charge < -0.3 is 0 Å². The van der Waals surface area contributed by atoms with Gasteiger partial charge in [0.15, 0.2) is 0 Å². The van der Waals surface area contributed by atoms with Crippen LogP contribution in [0.5, 0.6) is 0 Å². The first-order valence-corrected chi connectivity index (χ1v) is 17.2. The van der Waals surface area contributed by atoms with Gasteiger partial charge >= 0.3 is 0 Å². The summed E-state index contributed by atoms with van der Waals surface area (Å²) in [6.07, 6.45) is 0. The molecule has 2 heterocycles. The van der Waals surface area contributed by atoms with Crippen molar-refractivity contribution in [2.75, 3.05) is 0 Å². The summed E-state index contributed by atoms with van der Waals surface area (Å²) >= 11 is 0. The number of benzene rings is 7. The van der Waals surface area contributed by atoms with Crippen LogP contribution in [0, 0.1) is 11.3 Å². The highest BCUT2D eigenvalue weighted by Gasteiger charge is 2.18. The molecule has 9 aromatic rings. The minimum atomic E-state index is 0.585. The number of aromatic nitrogens is 3. The van der Waals surface area contributed by atoms with Crippen LogP contribution in [0.25, 0.3) is 89.1 Å². The van der Waals surface area contributed by atoms with E-state index in [0.717, 1.165) is 89.1 Å². The van der Waals surface area contributed by atoms with Crippen molar-refractivity contribution in [2.45, 2.75) is 0 Å². The van der Waals surface area contributed by atoms with E-state index in [1.165, 1.54) is 0 Å². The quantitative estimate of drug-likeness (QED) is 0.178. The van der Waals surface area contributed by atoms with Crippen LogP contribution in [0.1, 0.15) is 5.56 Å². The van der Waals surface area contributed by atoms with E-state index in [-0.39, 0.29) is 0 Å². The van der Waals surface area contributed by atoms with Crippen molar-refractivity contribution in [3.63, 3.8) is 0 Å². The summed E-state index contributed by atoms with van der Waals surface area (Å²) in [5.74, 6) is 0. The molecule has 0 bridgehead atoms. The molecule has 0 saturated carbocycles. The first-order chi connectivity index (χ1) is 25.7. The summed E-state index contributed by atoms with van der Waals surface area (Å²) in [5, 5.41) is 11.9. The third kappa shape index (κ3) is 5.77. The highest BCUT2D eigenvalue weighted by molar-refractivity contribution is 6.06. The van der Waals surface area contributed by atoms with E-state index in [0.29, 0.717) is 5.56 Å². The molecule has 242 valence electrons. The molecule has 9 rings (SSSR count). The molecule has 0 spiro atoms. The Balaban J connectivity index is 1.15. The summed E-state index contributed by atoms with van der Waals surface area (Å²) < 4.78 is 0. The van der Waals surface area contributed by atoms with E-state index in [4.69, 9.17) is 15.0 Å². The van der Waals surface area contributed by atoms with E-state index >= 15 is 0 Å². The highest BCUT2D eigenvalue weighted by atomic mass is 14.8. The van der Waals surface area contributed by atoms with Gasteiger partial charge in [0, 0.05) is 22.3 Å². The van der Waals surface area contributed by atoms with Crippen molar-refractivity contribution in [3.05, 3.63) is 188 Å². The lowest BCUT2D eigenvalue weighted by molar-refractivity contribution is 1.29. The Hall–Kier alpha value is -7.22. The molecule has 0 atom stereocenters. The second kappa shape index (κ2) is 13.2. The van der Waals surface area contributed by atoms with Gasteiger partial charge in [0.1, 0.15) is 0 Å².